The van der Waals surface area contributed by atoms with Gasteiger partial charge in [0.1, 0.15) is 5.82 Å². The number of carbonyl (C=O) groups is 1. The molecule has 1 amide bonds. The van der Waals surface area contributed by atoms with E-state index in [1.54, 1.807) is 0 Å². The van der Waals surface area contributed by atoms with Gasteiger partial charge >= 0.3 is 0 Å². The van der Waals surface area contributed by atoms with Crippen molar-refractivity contribution in [2.24, 2.45) is 0 Å². The molecular formula is C19H30N4O2. The first kappa shape index (κ1) is 18.1. The predicted octanol–water partition coefficient (Wildman–Crippen LogP) is 1.77. The molecule has 25 heavy (non-hydrogen) atoms. The maximum atomic E-state index is 12.5. The number of nitrogens with zero attached hydrogens (tertiary/aromatic N) is 3. The standard InChI is InChI=1S/C19H30N4O2/c1-20-18-13-16(7-8-21-18)5-6-17-14-22(11-12-25-17)15-19(24)23-9-3-2-4-10-23/h7-8,13,17H,2-6,9-12,14-15H2,1H3,(H,20,21)/t17-/m0/s1. The summed E-state index contributed by atoms with van der Waals surface area (Å²) in [5, 5.41) is 3.07. The molecule has 2 fully saturated rings. The highest BCUT2D eigenvalue weighted by Gasteiger charge is 2.24. The summed E-state index contributed by atoms with van der Waals surface area (Å²) in [7, 11) is 1.88. The summed E-state index contributed by atoms with van der Waals surface area (Å²) in [4.78, 5) is 21.0. The molecule has 2 aliphatic heterocycles. The fourth-order valence-corrected chi connectivity index (χ4v) is 3.63. The van der Waals surface area contributed by atoms with Crippen LogP contribution in [0.25, 0.3) is 0 Å². The third-order valence-corrected chi connectivity index (χ3v) is 5.13. The molecule has 0 aromatic carbocycles. The zero-order valence-electron chi connectivity index (χ0n) is 15.2. The van der Waals surface area contributed by atoms with Gasteiger partial charge in [0.15, 0.2) is 0 Å². The van der Waals surface area contributed by atoms with Crippen LogP contribution in [-0.2, 0) is 16.0 Å². The summed E-state index contributed by atoms with van der Waals surface area (Å²) in [5.41, 5.74) is 1.27. The maximum absolute atomic E-state index is 12.5. The van der Waals surface area contributed by atoms with Crippen molar-refractivity contribution in [3.05, 3.63) is 23.9 Å². The molecule has 0 bridgehead atoms. The van der Waals surface area contributed by atoms with Gasteiger partial charge in [0.05, 0.1) is 19.3 Å². The Kier molecular flexibility index (Phi) is 6.64. The number of nitrogens with one attached hydrogen (secondary N) is 1. The van der Waals surface area contributed by atoms with E-state index in [0.717, 1.165) is 64.3 Å². The number of anilines is 1. The molecule has 1 N–H and O–H groups in total. The molecule has 0 unspecified atom stereocenters. The SMILES string of the molecule is CNc1cc(CC[C@H]2CN(CC(=O)N3CCCCC3)CCO2)ccn1. The molecule has 1 aromatic heterocycles. The number of aryl methyl sites for hydroxylation is 1. The molecular weight excluding hydrogens is 316 g/mol. The summed E-state index contributed by atoms with van der Waals surface area (Å²) in [6.45, 7) is 4.83. The van der Waals surface area contributed by atoms with Crippen LogP contribution in [0.3, 0.4) is 0 Å². The van der Waals surface area contributed by atoms with Crippen LogP contribution in [0.4, 0.5) is 5.82 Å². The second-order valence-electron chi connectivity index (χ2n) is 7.01. The molecule has 0 spiro atoms. The number of pyridine rings is 1. The zero-order valence-corrected chi connectivity index (χ0v) is 15.2. The lowest BCUT2D eigenvalue weighted by molar-refractivity contribution is -0.135. The number of morpholine rings is 1. The van der Waals surface area contributed by atoms with Crippen molar-refractivity contribution in [1.82, 2.24) is 14.8 Å². The number of ether oxygens (including phenoxy) is 1. The molecule has 0 aliphatic carbocycles. The monoisotopic (exact) mass is 346 g/mol. The summed E-state index contributed by atoms with van der Waals surface area (Å²) in [5.74, 6) is 1.18. The van der Waals surface area contributed by atoms with Crippen LogP contribution in [0.1, 0.15) is 31.2 Å². The van der Waals surface area contributed by atoms with Crippen molar-refractivity contribution >= 4 is 11.7 Å². The molecule has 1 atom stereocenters. The van der Waals surface area contributed by atoms with E-state index >= 15 is 0 Å². The number of hydrogen-bond donors (Lipinski definition) is 1. The average molecular weight is 346 g/mol. The van der Waals surface area contributed by atoms with Crippen LogP contribution in [0, 0.1) is 0 Å². The van der Waals surface area contributed by atoms with Gasteiger partial charge in [-0.1, -0.05) is 0 Å². The van der Waals surface area contributed by atoms with E-state index in [9.17, 15) is 4.79 Å². The van der Waals surface area contributed by atoms with E-state index in [1.165, 1.54) is 12.0 Å². The van der Waals surface area contributed by atoms with Gasteiger partial charge < -0.3 is 15.0 Å². The minimum absolute atomic E-state index is 0.203. The topological polar surface area (TPSA) is 57.7 Å². The van der Waals surface area contributed by atoms with E-state index < -0.39 is 0 Å². The zero-order chi connectivity index (χ0) is 17.5. The van der Waals surface area contributed by atoms with Gasteiger partial charge in [0.2, 0.25) is 5.91 Å². The van der Waals surface area contributed by atoms with Gasteiger partial charge in [0.25, 0.3) is 0 Å². The molecule has 0 radical (unpaired) electrons. The fourth-order valence-electron chi connectivity index (χ4n) is 3.63. The number of likely N-dealkylation sites (tertiary alicyclic amines) is 1. The second kappa shape index (κ2) is 9.15. The number of rotatable bonds is 6. The van der Waals surface area contributed by atoms with Crippen LogP contribution in [0.2, 0.25) is 0 Å². The largest absolute Gasteiger partial charge is 0.376 e. The van der Waals surface area contributed by atoms with Crippen molar-refractivity contribution in [1.29, 1.82) is 0 Å². The predicted molar refractivity (Wildman–Crippen MR) is 98.7 cm³/mol. The Bertz CT molecular complexity index is 560. The minimum atomic E-state index is 0.203. The van der Waals surface area contributed by atoms with Crippen molar-refractivity contribution in [3.63, 3.8) is 0 Å². The van der Waals surface area contributed by atoms with Gasteiger partial charge in [0, 0.05) is 39.4 Å². The molecule has 3 heterocycles. The summed E-state index contributed by atoms with van der Waals surface area (Å²) in [6.07, 6.45) is 7.54. The van der Waals surface area contributed by atoms with Gasteiger partial charge in [-0.15, -0.1) is 0 Å². The fraction of sp³-hybridized carbons (Fsp3) is 0.684. The van der Waals surface area contributed by atoms with E-state index in [4.69, 9.17) is 4.74 Å². The Morgan fingerprint density at radius 3 is 2.96 bits per heavy atom. The molecule has 0 saturated carbocycles. The Balaban J connectivity index is 1.45. The summed E-state index contributed by atoms with van der Waals surface area (Å²) < 4.78 is 5.92. The molecule has 138 valence electrons. The first-order chi connectivity index (χ1) is 12.2. The lowest BCUT2D eigenvalue weighted by Crippen LogP contribution is -2.48. The molecule has 2 saturated heterocycles. The molecule has 6 nitrogen and oxygen atoms in total. The highest BCUT2D eigenvalue weighted by atomic mass is 16.5. The summed E-state index contributed by atoms with van der Waals surface area (Å²) >= 11 is 0. The lowest BCUT2D eigenvalue weighted by atomic mass is 10.1. The molecule has 6 heteroatoms. The average Bonchev–Trinajstić information content (AvgIpc) is 2.67. The number of aromatic nitrogens is 1. The highest BCUT2D eigenvalue weighted by molar-refractivity contribution is 5.78. The van der Waals surface area contributed by atoms with E-state index in [-0.39, 0.29) is 12.0 Å². The molecule has 1 aromatic rings. The van der Waals surface area contributed by atoms with Crippen molar-refractivity contribution in [3.8, 4) is 0 Å². The van der Waals surface area contributed by atoms with E-state index in [2.05, 4.69) is 27.3 Å². The van der Waals surface area contributed by atoms with Gasteiger partial charge in [-0.25, -0.2) is 4.98 Å². The smallest absolute Gasteiger partial charge is 0.236 e. The van der Waals surface area contributed by atoms with E-state index in [1.807, 2.05) is 18.1 Å². The Morgan fingerprint density at radius 2 is 2.16 bits per heavy atom. The van der Waals surface area contributed by atoms with Crippen LogP contribution < -0.4 is 5.32 Å². The third-order valence-electron chi connectivity index (χ3n) is 5.13. The lowest BCUT2D eigenvalue weighted by Gasteiger charge is -2.35. The van der Waals surface area contributed by atoms with Crippen molar-refractivity contribution in [2.45, 2.75) is 38.2 Å². The number of carbonyl (C=O) groups excluding carboxylic acids is 1. The van der Waals surface area contributed by atoms with Crippen molar-refractivity contribution < 1.29 is 9.53 Å². The van der Waals surface area contributed by atoms with Gasteiger partial charge in [-0.2, -0.15) is 0 Å². The molecule has 2 aliphatic rings. The van der Waals surface area contributed by atoms with Gasteiger partial charge in [-0.3, -0.25) is 9.69 Å². The van der Waals surface area contributed by atoms with Crippen LogP contribution in [0.15, 0.2) is 18.3 Å². The Morgan fingerprint density at radius 1 is 1.32 bits per heavy atom. The number of amides is 1. The van der Waals surface area contributed by atoms with Crippen LogP contribution in [-0.4, -0.2) is 73.2 Å². The van der Waals surface area contributed by atoms with E-state index in [0.29, 0.717) is 6.54 Å². The first-order valence-corrected chi connectivity index (χ1v) is 9.49. The maximum Gasteiger partial charge on any atom is 0.236 e. The normalized spacial score (nSPS) is 22.0. The summed E-state index contributed by atoms with van der Waals surface area (Å²) in [6, 6.07) is 4.14. The number of hydrogen-bond acceptors (Lipinski definition) is 5. The second-order valence-corrected chi connectivity index (χ2v) is 7.01. The quantitative estimate of drug-likeness (QED) is 0.851. The number of piperidine rings is 1. The van der Waals surface area contributed by atoms with Gasteiger partial charge in [-0.05, 0) is 49.8 Å². The minimum Gasteiger partial charge on any atom is -0.376 e. The van der Waals surface area contributed by atoms with Crippen LogP contribution in [0.5, 0.6) is 0 Å². The van der Waals surface area contributed by atoms with Crippen molar-refractivity contribution in [2.75, 3.05) is 51.7 Å². The molecule has 3 rings (SSSR count). The first-order valence-electron chi connectivity index (χ1n) is 9.49. The Labute approximate surface area is 150 Å². The van der Waals surface area contributed by atoms with Crippen LogP contribution >= 0.6 is 0 Å². The highest BCUT2D eigenvalue weighted by Crippen LogP contribution is 2.15. The Hall–Kier alpha value is -1.66. The third kappa shape index (κ3) is 5.41.